The molecule has 0 saturated carbocycles. The van der Waals surface area contributed by atoms with Gasteiger partial charge in [0, 0.05) is 6.08 Å². The van der Waals surface area contributed by atoms with Crippen molar-refractivity contribution in [3.8, 4) is 0 Å². The van der Waals surface area contributed by atoms with E-state index in [-0.39, 0.29) is 0 Å². The van der Waals surface area contributed by atoms with Crippen molar-refractivity contribution in [2.75, 3.05) is 0 Å². The topological polar surface area (TPSA) is 37.3 Å². The summed E-state index contributed by atoms with van der Waals surface area (Å²) in [6.07, 6.45) is 21.8. The average Bonchev–Trinajstić information content (AvgIpc) is 2.30. The summed E-state index contributed by atoms with van der Waals surface area (Å²) < 4.78 is 0. The minimum absolute atomic E-state index is 0.833. The first-order valence-corrected chi connectivity index (χ1v) is 6.11. The van der Waals surface area contributed by atoms with Crippen LogP contribution in [0.4, 0.5) is 0 Å². The summed E-state index contributed by atoms with van der Waals surface area (Å²) in [5.41, 5.74) is 0. The van der Waals surface area contributed by atoms with Gasteiger partial charge in [-0.05, 0) is 25.7 Å². The van der Waals surface area contributed by atoms with E-state index >= 15 is 0 Å². The smallest absolute Gasteiger partial charge is 0.327 e. The van der Waals surface area contributed by atoms with Gasteiger partial charge in [0.15, 0.2) is 0 Å². The van der Waals surface area contributed by atoms with E-state index in [0.29, 0.717) is 0 Å². The summed E-state index contributed by atoms with van der Waals surface area (Å²) in [6, 6.07) is 0. The summed E-state index contributed by atoms with van der Waals surface area (Å²) in [7, 11) is 0. The molecule has 0 fully saturated rings. The molecule has 0 aromatic carbocycles. The SMILES string of the molecule is C1=CC=CCCCCCCC=C1.C=CC(=O)O. The fourth-order valence-electron chi connectivity index (χ4n) is 1.36. The molecular weight excluding hydrogens is 212 g/mol. The van der Waals surface area contributed by atoms with Gasteiger partial charge in [0.25, 0.3) is 0 Å². The Balaban J connectivity index is 0.000000437. The van der Waals surface area contributed by atoms with Crippen LogP contribution in [0.25, 0.3) is 0 Å². The van der Waals surface area contributed by atoms with E-state index in [0.717, 1.165) is 6.08 Å². The number of hydrogen-bond acceptors (Lipinski definition) is 1. The second kappa shape index (κ2) is 12.5. The Kier molecular flexibility index (Phi) is 11.3. The van der Waals surface area contributed by atoms with Crippen molar-refractivity contribution in [1.82, 2.24) is 0 Å². The molecular formula is C15H22O2. The van der Waals surface area contributed by atoms with Crippen LogP contribution in [0, 0.1) is 0 Å². The number of carboxylic acid groups (broad SMARTS) is 1. The predicted octanol–water partition coefficient (Wildman–Crippen LogP) is 4.27. The molecule has 0 saturated heterocycles. The minimum Gasteiger partial charge on any atom is -0.478 e. The normalized spacial score (nSPS) is 16.0. The number of carbonyl (C=O) groups is 1. The van der Waals surface area contributed by atoms with Gasteiger partial charge in [0.2, 0.25) is 0 Å². The number of hydrogen-bond donors (Lipinski definition) is 1. The van der Waals surface area contributed by atoms with Crippen molar-refractivity contribution in [2.24, 2.45) is 0 Å². The zero-order valence-electron chi connectivity index (χ0n) is 10.3. The van der Waals surface area contributed by atoms with E-state index in [1.165, 1.54) is 38.5 Å². The summed E-state index contributed by atoms with van der Waals surface area (Å²) in [5, 5.41) is 7.60. The third kappa shape index (κ3) is 14.4. The molecule has 0 aromatic heterocycles. The van der Waals surface area contributed by atoms with Gasteiger partial charge in [0.05, 0.1) is 0 Å². The molecule has 0 atom stereocenters. The van der Waals surface area contributed by atoms with Crippen molar-refractivity contribution in [3.05, 3.63) is 49.1 Å². The minimum atomic E-state index is -0.981. The zero-order chi connectivity index (χ0) is 12.8. The maximum atomic E-state index is 9.25. The van der Waals surface area contributed by atoms with Crippen LogP contribution in [-0.4, -0.2) is 11.1 Å². The van der Waals surface area contributed by atoms with Crippen molar-refractivity contribution < 1.29 is 9.90 Å². The van der Waals surface area contributed by atoms with Crippen LogP contribution < -0.4 is 0 Å². The molecule has 2 nitrogen and oxygen atoms in total. The second-order valence-electron chi connectivity index (χ2n) is 3.78. The van der Waals surface area contributed by atoms with Crippen molar-refractivity contribution in [2.45, 2.75) is 38.5 Å². The Hall–Kier alpha value is -1.57. The number of aliphatic carboxylic acids is 1. The maximum Gasteiger partial charge on any atom is 0.327 e. The highest BCUT2D eigenvalue weighted by molar-refractivity contribution is 5.78. The van der Waals surface area contributed by atoms with Crippen molar-refractivity contribution in [3.63, 3.8) is 0 Å². The number of rotatable bonds is 1. The lowest BCUT2D eigenvalue weighted by atomic mass is 10.1. The van der Waals surface area contributed by atoms with Gasteiger partial charge in [-0.1, -0.05) is 55.9 Å². The summed E-state index contributed by atoms with van der Waals surface area (Å²) >= 11 is 0. The Bertz CT molecular complexity index is 265. The lowest BCUT2D eigenvalue weighted by Gasteiger charge is -1.96. The van der Waals surface area contributed by atoms with Gasteiger partial charge in [-0.15, -0.1) is 0 Å². The van der Waals surface area contributed by atoms with Gasteiger partial charge in [-0.25, -0.2) is 4.79 Å². The third-order valence-electron chi connectivity index (χ3n) is 2.27. The molecule has 1 aliphatic rings. The molecule has 0 unspecified atom stereocenters. The first kappa shape index (κ1) is 15.4. The highest BCUT2D eigenvalue weighted by atomic mass is 16.4. The standard InChI is InChI=1S/C12H18.C3H4O2/c1-2-4-6-8-10-12-11-9-7-5-3-1;1-2-3(4)5/h1-6H,7-12H2;2H,1H2,(H,4,5). The van der Waals surface area contributed by atoms with Crippen LogP contribution in [0.1, 0.15) is 38.5 Å². The van der Waals surface area contributed by atoms with E-state index in [2.05, 4.69) is 43.0 Å². The van der Waals surface area contributed by atoms with Crippen LogP contribution in [0.2, 0.25) is 0 Å². The van der Waals surface area contributed by atoms with Gasteiger partial charge < -0.3 is 5.11 Å². The molecule has 17 heavy (non-hydrogen) atoms. The molecule has 1 aliphatic carbocycles. The van der Waals surface area contributed by atoms with Crippen LogP contribution in [-0.2, 0) is 4.79 Å². The molecule has 0 aliphatic heterocycles. The summed E-state index contributed by atoms with van der Waals surface area (Å²) in [5.74, 6) is -0.981. The van der Waals surface area contributed by atoms with Gasteiger partial charge in [-0.2, -0.15) is 0 Å². The van der Waals surface area contributed by atoms with E-state index in [1.807, 2.05) is 0 Å². The molecule has 94 valence electrons. The number of allylic oxidation sites excluding steroid dienone is 6. The Labute approximate surface area is 104 Å². The first-order valence-electron chi connectivity index (χ1n) is 6.11. The van der Waals surface area contributed by atoms with Crippen LogP contribution in [0.5, 0.6) is 0 Å². The lowest BCUT2D eigenvalue weighted by molar-refractivity contribution is -0.131. The van der Waals surface area contributed by atoms with Crippen LogP contribution in [0.3, 0.4) is 0 Å². The molecule has 1 rings (SSSR count). The highest BCUT2D eigenvalue weighted by Crippen LogP contribution is 2.07. The average molecular weight is 234 g/mol. The first-order chi connectivity index (χ1) is 8.27. The second-order valence-corrected chi connectivity index (χ2v) is 3.78. The monoisotopic (exact) mass is 234 g/mol. The molecule has 0 amide bonds. The van der Waals surface area contributed by atoms with Gasteiger partial charge in [0.1, 0.15) is 0 Å². The van der Waals surface area contributed by atoms with Crippen molar-refractivity contribution in [1.29, 1.82) is 0 Å². The predicted molar refractivity (Wildman–Crippen MR) is 73.0 cm³/mol. The molecule has 0 radical (unpaired) electrons. The van der Waals surface area contributed by atoms with E-state index in [4.69, 9.17) is 5.11 Å². The Morgan fingerprint density at radius 2 is 1.35 bits per heavy atom. The Morgan fingerprint density at radius 3 is 1.71 bits per heavy atom. The lowest BCUT2D eigenvalue weighted by Crippen LogP contribution is -1.82. The van der Waals surface area contributed by atoms with E-state index in [1.54, 1.807) is 0 Å². The third-order valence-corrected chi connectivity index (χ3v) is 2.27. The van der Waals surface area contributed by atoms with Crippen LogP contribution in [0.15, 0.2) is 49.1 Å². The molecule has 0 bridgehead atoms. The van der Waals surface area contributed by atoms with Crippen LogP contribution >= 0.6 is 0 Å². The van der Waals surface area contributed by atoms with Gasteiger partial charge >= 0.3 is 5.97 Å². The Morgan fingerprint density at radius 1 is 0.941 bits per heavy atom. The molecule has 2 heteroatoms. The van der Waals surface area contributed by atoms with Crippen molar-refractivity contribution >= 4 is 5.97 Å². The quantitative estimate of drug-likeness (QED) is 0.688. The summed E-state index contributed by atoms with van der Waals surface area (Å²) in [6.45, 7) is 2.96. The van der Waals surface area contributed by atoms with E-state index in [9.17, 15) is 4.79 Å². The highest BCUT2D eigenvalue weighted by Gasteiger charge is 1.87. The molecule has 0 spiro atoms. The number of carboxylic acids is 1. The molecule has 0 heterocycles. The van der Waals surface area contributed by atoms with E-state index < -0.39 is 5.97 Å². The van der Waals surface area contributed by atoms with Gasteiger partial charge in [-0.3, -0.25) is 0 Å². The fourth-order valence-corrected chi connectivity index (χ4v) is 1.36. The maximum absolute atomic E-state index is 9.25. The molecule has 0 aromatic rings. The zero-order valence-corrected chi connectivity index (χ0v) is 10.3. The molecule has 1 N–H and O–H groups in total. The summed E-state index contributed by atoms with van der Waals surface area (Å²) in [4.78, 5) is 9.25. The fraction of sp³-hybridized carbons (Fsp3) is 0.400. The largest absolute Gasteiger partial charge is 0.478 e.